The Balaban J connectivity index is 1.74. The summed E-state index contributed by atoms with van der Waals surface area (Å²) in [5.41, 5.74) is 0. The SMILES string of the molecule is O=C1CCC(=O)OP(OC(=O)CCC(=O)OP2OC(=O)CCC(=O)O2)O1. The lowest BCUT2D eigenvalue weighted by Gasteiger charge is -2.12. The predicted molar refractivity (Wildman–Crippen MR) is 78.1 cm³/mol. The van der Waals surface area contributed by atoms with Gasteiger partial charge in [-0.25, -0.2) is 0 Å². The summed E-state index contributed by atoms with van der Waals surface area (Å²) in [6.07, 6.45) is -1.77. The molecule has 0 unspecified atom stereocenters. The minimum atomic E-state index is -2.51. The summed E-state index contributed by atoms with van der Waals surface area (Å²) in [4.78, 5) is 68.1. The van der Waals surface area contributed by atoms with Gasteiger partial charge in [0.1, 0.15) is 0 Å². The zero-order valence-electron chi connectivity index (χ0n) is 13.0. The first kappa shape index (κ1) is 20.0. The highest BCUT2D eigenvalue weighted by Gasteiger charge is 2.33. The standard InChI is InChI=1S/C12H12O12P2/c13-7-1-2-8(14)20-25(19-7)23-11(17)5-6-12(18)24-26-21-9(15)3-4-10(16)22-26/h1-6H2. The van der Waals surface area contributed by atoms with Crippen LogP contribution in [0.5, 0.6) is 0 Å². The molecule has 0 amide bonds. The van der Waals surface area contributed by atoms with E-state index in [0.717, 1.165) is 0 Å². The maximum absolute atomic E-state index is 11.6. The second-order valence-electron chi connectivity index (χ2n) is 4.73. The maximum atomic E-state index is 11.6. The summed E-state index contributed by atoms with van der Waals surface area (Å²) in [5.74, 6) is -5.00. The van der Waals surface area contributed by atoms with Gasteiger partial charge in [0.15, 0.2) is 0 Å². The fourth-order valence-electron chi connectivity index (χ4n) is 1.50. The molecular formula is C12H12O12P2. The van der Waals surface area contributed by atoms with Crippen molar-refractivity contribution in [3.05, 3.63) is 0 Å². The number of hydrogen-bond acceptors (Lipinski definition) is 12. The molecule has 14 heteroatoms. The quantitative estimate of drug-likeness (QED) is 0.594. The topological polar surface area (TPSA) is 158 Å². The average Bonchev–Trinajstić information content (AvgIpc) is 2.81. The van der Waals surface area contributed by atoms with Gasteiger partial charge in [0.05, 0.1) is 38.5 Å². The summed E-state index contributed by atoms with van der Waals surface area (Å²) in [7, 11) is -5.03. The van der Waals surface area contributed by atoms with Crippen LogP contribution in [0.15, 0.2) is 0 Å². The lowest BCUT2D eigenvalue weighted by Crippen LogP contribution is -2.10. The van der Waals surface area contributed by atoms with E-state index >= 15 is 0 Å². The van der Waals surface area contributed by atoms with Crippen LogP contribution < -0.4 is 0 Å². The van der Waals surface area contributed by atoms with E-state index in [4.69, 9.17) is 0 Å². The largest absolute Gasteiger partial charge is 0.537 e. The number of rotatable bonds is 5. The van der Waals surface area contributed by atoms with Crippen LogP contribution in [0.2, 0.25) is 0 Å². The van der Waals surface area contributed by atoms with E-state index in [-0.39, 0.29) is 25.7 Å². The molecule has 0 N–H and O–H groups in total. The maximum Gasteiger partial charge on any atom is 0.537 e. The minimum absolute atomic E-state index is 0.192. The van der Waals surface area contributed by atoms with Crippen LogP contribution in [0.25, 0.3) is 0 Å². The zero-order chi connectivity index (χ0) is 19.1. The Hall–Kier alpha value is -2.32. The molecule has 142 valence electrons. The molecule has 0 bridgehead atoms. The van der Waals surface area contributed by atoms with Crippen LogP contribution in [-0.4, -0.2) is 35.8 Å². The summed E-state index contributed by atoms with van der Waals surface area (Å²) in [5, 5.41) is 0. The first-order chi connectivity index (χ1) is 12.3. The van der Waals surface area contributed by atoms with Crippen molar-refractivity contribution in [3.63, 3.8) is 0 Å². The molecule has 0 aromatic heterocycles. The highest BCUT2D eigenvalue weighted by molar-refractivity contribution is 7.44. The normalized spacial score (nSPS) is 19.2. The Morgan fingerprint density at radius 3 is 1.19 bits per heavy atom. The van der Waals surface area contributed by atoms with E-state index in [1.807, 2.05) is 0 Å². The van der Waals surface area contributed by atoms with Crippen molar-refractivity contribution in [3.8, 4) is 0 Å². The van der Waals surface area contributed by atoms with E-state index in [0.29, 0.717) is 0 Å². The summed E-state index contributed by atoms with van der Waals surface area (Å²) in [6, 6.07) is 0. The van der Waals surface area contributed by atoms with E-state index in [9.17, 15) is 28.8 Å². The van der Waals surface area contributed by atoms with Crippen molar-refractivity contribution < 1.29 is 55.9 Å². The third-order valence-corrected chi connectivity index (χ3v) is 4.77. The van der Waals surface area contributed by atoms with Gasteiger partial charge in [0.2, 0.25) is 0 Å². The first-order valence-electron chi connectivity index (χ1n) is 7.17. The van der Waals surface area contributed by atoms with E-state index < -0.39 is 65.9 Å². The van der Waals surface area contributed by atoms with Gasteiger partial charge in [-0.05, 0) is 0 Å². The Morgan fingerprint density at radius 2 is 0.923 bits per heavy atom. The Kier molecular flexibility index (Phi) is 7.23. The van der Waals surface area contributed by atoms with Crippen molar-refractivity contribution in [1.29, 1.82) is 0 Å². The second kappa shape index (κ2) is 9.40. The molecule has 0 aromatic carbocycles. The molecule has 2 heterocycles. The molecule has 2 saturated heterocycles. The van der Waals surface area contributed by atoms with Crippen molar-refractivity contribution in [1.82, 2.24) is 0 Å². The molecule has 26 heavy (non-hydrogen) atoms. The van der Waals surface area contributed by atoms with Gasteiger partial charge in [0, 0.05) is 0 Å². The van der Waals surface area contributed by atoms with Crippen LogP contribution in [0.1, 0.15) is 38.5 Å². The molecule has 0 aromatic rings. The van der Waals surface area contributed by atoms with Crippen molar-refractivity contribution in [2.24, 2.45) is 0 Å². The first-order valence-corrected chi connectivity index (χ1v) is 9.36. The van der Waals surface area contributed by atoms with Gasteiger partial charge >= 0.3 is 53.0 Å². The number of carbonyl (C=O) groups excluding carboxylic acids is 6. The van der Waals surface area contributed by atoms with Crippen molar-refractivity contribution in [2.45, 2.75) is 38.5 Å². The molecule has 12 nitrogen and oxygen atoms in total. The van der Waals surface area contributed by atoms with Crippen molar-refractivity contribution in [2.75, 3.05) is 0 Å². The van der Waals surface area contributed by atoms with Gasteiger partial charge in [-0.1, -0.05) is 0 Å². The molecule has 2 fully saturated rings. The van der Waals surface area contributed by atoms with Crippen LogP contribution in [0, 0.1) is 0 Å². The number of hydrogen-bond donors (Lipinski definition) is 0. The van der Waals surface area contributed by atoms with Crippen molar-refractivity contribution >= 4 is 53.0 Å². The fourth-order valence-corrected chi connectivity index (χ4v) is 3.27. The summed E-state index contributed by atoms with van der Waals surface area (Å²) < 4.78 is 27.9. The van der Waals surface area contributed by atoms with Gasteiger partial charge in [0.25, 0.3) is 0 Å². The second-order valence-corrected chi connectivity index (χ2v) is 6.72. The Labute approximate surface area is 148 Å². The monoisotopic (exact) mass is 410 g/mol. The molecule has 2 aliphatic rings. The van der Waals surface area contributed by atoms with Crippen LogP contribution >= 0.6 is 17.2 Å². The molecule has 2 rings (SSSR count). The average molecular weight is 410 g/mol. The van der Waals surface area contributed by atoms with E-state index in [2.05, 4.69) is 27.1 Å². The van der Waals surface area contributed by atoms with E-state index in [1.54, 1.807) is 0 Å². The Bertz CT molecular complexity index is 542. The van der Waals surface area contributed by atoms with Gasteiger partial charge in [-0.15, -0.1) is 0 Å². The number of carbonyl (C=O) groups is 6. The highest BCUT2D eigenvalue weighted by Crippen LogP contribution is 2.44. The van der Waals surface area contributed by atoms with E-state index in [1.165, 1.54) is 0 Å². The van der Waals surface area contributed by atoms with Gasteiger partial charge in [-0.2, -0.15) is 0 Å². The zero-order valence-corrected chi connectivity index (χ0v) is 14.8. The highest BCUT2D eigenvalue weighted by atomic mass is 31.2. The fraction of sp³-hybridized carbons (Fsp3) is 0.500. The van der Waals surface area contributed by atoms with Crippen LogP contribution in [0.3, 0.4) is 0 Å². The Morgan fingerprint density at radius 1 is 0.654 bits per heavy atom. The molecule has 0 spiro atoms. The van der Waals surface area contributed by atoms with Crippen LogP contribution in [0.4, 0.5) is 0 Å². The van der Waals surface area contributed by atoms with Gasteiger partial charge < -0.3 is 27.1 Å². The molecule has 0 atom stereocenters. The summed E-state index contributed by atoms with van der Waals surface area (Å²) in [6.45, 7) is 0. The predicted octanol–water partition coefficient (Wildman–Crippen LogP) is 1.07. The molecule has 0 aliphatic carbocycles. The van der Waals surface area contributed by atoms with Gasteiger partial charge in [-0.3, -0.25) is 28.8 Å². The summed E-state index contributed by atoms with van der Waals surface area (Å²) >= 11 is 0. The third kappa shape index (κ3) is 6.89. The molecule has 2 aliphatic heterocycles. The lowest BCUT2D eigenvalue weighted by molar-refractivity contribution is -0.145. The smallest absolute Gasteiger partial charge is 0.375 e. The lowest BCUT2D eigenvalue weighted by atomic mass is 10.3. The van der Waals surface area contributed by atoms with Crippen LogP contribution in [-0.2, 0) is 55.9 Å². The third-order valence-electron chi connectivity index (χ3n) is 2.66. The molecule has 0 radical (unpaired) electrons. The molecule has 0 saturated carbocycles. The molecular weight excluding hydrogens is 398 g/mol. The minimum Gasteiger partial charge on any atom is -0.375 e.